The summed E-state index contributed by atoms with van der Waals surface area (Å²) in [4.78, 5) is 32.6. The summed E-state index contributed by atoms with van der Waals surface area (Å²) in [7, 11) is 1.58. The third kappa shape index (κ3) is 7.13. The summed E-state index contributed by atoms with van der Waals surface area (Å²) in [5.74, 6) is 1.19. The lowest BCUT2D eigenvalue weighted by molar-refractivity contribution is -0.139. The van der Waals surface area contributed by atoms with Gasteiger partial charge in [0.1, 0.15) is 18.4 Å². The van der Waals surface area contributed by atoms with Crippen molar-refractivity contribution in [2.24, 2.45) is 4.99 Å². The van der Waals surface area contributed by atoms with Crippen LogP contribution in [0.25, 0.3) is 6.08 Å². The molecule has 0 saturated carbocycles. The number of thiazole rings is 1. The largest absolute Gasteiger partial charge is 0.493 e. The zero-order valence-electron chi connectivity index (χ0n) is 25.4. The van der Waals surface area contributed by atoms with Gasteiger partial charge in [-0.05, 0) is 97.8 Å². The van der Waals surface area contributed by atoms with Crippen LogP contribution in [0.4, 0.5) is 0 Å². The quantitative estimate of drug-likeness (QED) is 0.137. The Morgan fingerprint density at radius 1 is 1.13 bits per heavy atom. The van der Waals surface area contributed by atoms with Crippen LogP contribution in [-0.4, -0.2) is 30.4 Å². The molecule has 5 rings (SSSR count). The van der Waals surface area contributed by atoms with Crippen molar-refractivity contribution in [1.82, 2.24) is 4.57 Å². The number of fused-ring (bicyclic) bond motifs is 1. The van der Waals surface area contributed by atoms with Crippen molar-refractivity contribution in [3.8, 4) is 17.2 Å². The van der Waals surface area contributed by atoms with Gasteiger partial charge in [0, 0.05) is 10.6 Å². The average Bonchev–Trinajstić information content (AvgIpc) is 3.30. The number of halogens is 2. The summed E-state index contributed by atoms with van der Waals surface area (Å²) in [5, 5.41) is 0.659. The third-order valence-corrected chi connectivity index (χ3v) is 8.98. The highest BCUT2D eigenvalue weighted by atomic mass is 127. The highest BCUT2D eigenvalue weighted by Crippen LogP contribution is 2.37. The molecule has 0 spiro atoms. The Bertz CT molecular complexity index is 1950. The second-order valence-electron chi connectivity index (χ2n) is 10.5. The van der Waals surface area contributed by atoms with Gasteiger partial charge in [0.15, 0.2) is 16.3 Å². The number of nitrogens with zero attached hydrogens (tertiary/aromatic N) is 2. The number of aromatic nitrogens is 1. The number of ether oxygens (including phenoxy) is 4. The van der Waals surface area contributed by atoms with E-state index in [4.69, 9.17) is 30.5 Å². The third-order valence-electron chi connectivity index (χ3n) is 6.94. The van der Waals surface area contributed by atoms with Crippen molar-refractivity contribution in [3.05, 3.63) is 117 Å². The lowest BCUT2D eigenvalue weighted by Gasteiger charge is -2.26. The van der Waals surface area contributed by atoms with Gasteiger partial charge in [-0.25, -0.2) is 9.79 Å². The number of hydrogen-bond donors (Lipinski definition) is 0. The molecule has 0 radical (unpaired) electrons. The maximum absolute atomic E-state index is 14.2. The Morgan fingerprint density at radius 2 is 1.87 bits per heavy atom. The first-order valence-corrected chi connectivity index (χ1v) is 16.6. The number of allylic oxidation sites excluding steroid dienone is 1. The van der Waals surface area contributed by atoms with E-state index >= 15 is 0 Å². The fourth-order valence-electron chi connectivity index (χ4n) is 5.00. The molecule has 0 unspecified atom stereocenters. The monoisotopic (exact) mass is 758 g/mol. The van der Waals surface area contributed by atoms with E-state index in [1.165, 1.54) is 11.3 Å². The molecule has 0 N–H and O–H groups in total. The SMILES string of the molecule is CCOC(=O)C1=C(C)N=c2s/c(=C\c3cc(I)c(OCc4ccc(Cl)cc4)c(OC)c3)c(=O)n2[C@H]1c1ccccc1OC(C)C. The van der Waals surface area contributed by atoms with Crippen LogP contribution in [0.3, 0.4) is 0 Å². The molecule has 0 fully saturated rings. The molecule has 0 amide bonds. The van der Waals surface area contributed by atoms with Crippen LogP contribution in [-0.2, 0) is 16.1 Å². The first-order valence-electron chi connectivity index (χ1n) is 14.3. The predicted molar refractivity (Wildman–Crippen MR) is 184 cm³/mol. The summed E-state index contributed by atoms with van der Waals surface area (Å²) >= 11 is 9.46. The van der Waals surface area contributed by atoms with Crippen LogP contribution in [0, 0.1) is 3.57 Å². The second kappa shape index (κ2) is 14.2. The van der Waals surface area contributed by atoms with Crippen molar-refractivity contribution in [2.75, 3.05) is 13.7 Å². The Kier molecular flexibility index (Phi) is 10.4. The van der Waals surface area contributed by atoms with E-state index in [0.717, 1.165) is 14.7 Å². The standard InChI is InChI=1S/C34H32ClIN2O6S/c1-6-42-33(40)29-20(4)37-34-38(30(29)24-9-7-8-10-26(24)44-19(2)3)32(39)28(45-34)17-22-15-25(36)31(27(16-22)41-5)43-18-21-11-13-23(35)14-12-21/h7-17,19,30H,6,18H2,1-5H3/b28-17-/t30-/m0/s1. The Labute approximate surface area is 283 Å². The topological polar surface area (TPSA) is 88.4 Å². The molecule has 2 heterocycles. The average molecular weight is 759 g/mol. The minimum absolute atomic E-state index is 0.117. The zero-order chi connectivity index (χ0) is 32.2. The number of esters is 1. The molecule has 1 aromatic heterocycles. The second-order valence-corrected chi connectivity index (χ2v) is 13.1. The number of benzene rings is 3. The van der Waals surface area contributed by atoms with Gasteiger partial charge >= 0.3 is 5.97 Å². The normalized spacial score (nSPS) is 14.7. The summed E-state index contributed by atoms with van der Waals surface area (Å²) in [6.07, 6.45) is 1.68. The number of hydrogen-bond acceptors (Lipinski definition) is 8. The Balaban J connectivity index is 1.60. The van der Waals surface area contributed by atoms with E-state index in [1.54, 1.807) is 31.6 Å². The van der Waals surface area contributed by atoms with Gasteiger partial charge in [-0.1, -0.05) is 53.3 Å². The highest BCUT2D eigenvalue weighted by Gasteiger charge is 2.35. The summed E-state index contributed by atoms with van der Waals surface area (Å²) in [6, 6.07) is 17.9. The van der Waals surface area contributed by atoms with Crippen LogP contribution < -0.4 is 29.1 Å². The smallest absolute Gasteiger partial charge is 0.338 e. The van der Waals surface area contributed by atoms with E-state index in [-0.39, 0.29) is 18.3 Å². The maximum Gasteiger partial charge on any atom is 0.338 e. The number of methoxy groups -OCH3 is 1. The van der Waals surface area contributed by atoms with E-state index in [2.05, 4.69) is 27.6 Å². The van der Waals surface area contributed by atoms with Crippen LogP contribution in [0.1, 0.15) is 50.4 Å². The lowest BCUT2D eigenvalue weighted by Crippen LogP contribution is -2.40. The number of rotatable bonds is 10. The van der Waals surface area contributed by atoms with Gasteiger partial charge in [-0.2, -0.15) is 0 Å². The van der Waals surface area contributed by atoms with E-state index in [9.17, 15) is 9.59 Å². The molecule has 234 valence electrons. The molecule has 3 aromatic carbocycles. The Hall–Kier alpha value is -3.61. The molecule has 11 heteroatoms. The van der Waals surface area contributed by atoms with Crippen molar-refractivity contribution < 1.29 is 23.7 Å². The summed E-state index contributed by atoms with van der Waals surface area (Å²) < 4.78 is 26.2. The number of carbonyl (C=O) groups excluding carboxylic acids is 1. The van der Waals surface area contributed by atoms with Gasteiger partial charge in [0.05, 0.1) is 39.2 Å². The molecular formula is C34H32ClIN2O6S. The van der Waals surface area contributed by atoms with Crippen LogP contribution in [0.5, 0.6) is 17.2 Å². The van der Waals surface area contributed by atoms with Crippen molar-refractivity contribution in [1.29, 1.82) is 0 Å². The lowest BCUT2D eigenvalue weighted by atomic mass is 9.95. The maximum atomic E-state index is 14.2. The van der Waals surface area contributed by atoms with Crippen LogP contribution in [0.2, 0.25) is 5.02 Å². The summed E-state index contributed by atoms with van der Waals surface area (Å²) in [6.45, 7) is 7.90. The zero-order valence-corrected chi connectivity index (χ0v) is 29.2. The van der Waals surface area contributed by atoms with E-state index in [0.29, 0.717) is 55.0 Å². The molecule has 4 aromatic rings. The molecular weight excluding hydrogens is 727 g/mol. The first-order chi connectivity index (χ1) is 21.6. The minimum Gasteiger partial charge on any atom is -0.493 e. The first kappa shape index (κ1) is 32.8. The fraction of sp³-hybridized carbons (Fsp3) is 0.265. The van der Waals surface area contributed by atoms with Gasteiger partial charge < -0.3 is 18.9 Å². The van der Waals surface area contributed by atoms with Crippen LogP contribution >= 0.6 is 45.5 Å². The number of carbonyl (C=O) groups is 1. The van der Waals surface area contributed by atoms with E-state index in [1.807, 2.05) is 74.5 Å². The molecule has 0 bridgehead atoms. The summed E-state index contributed by atoms with van der Waals surface area (Å²) in [5.41, 5.74) is 2.90. The van der Waals surface area contributed by atoms with Crippen molar-refractivity contribution in [2.45, 2.75) is 46.4 Å². The van der Waals surface area contributed by atoms with Gasteiger partial charge in [0.25, 0.3) is 5.56 Å². The predicted octanol–water partition coefficient (Wildman–Crippen LogP) is 6.43. The number of para-hydroxylation sites is 1. The molecule has 0 saturated heterocycles. The highest BCUT2D eigenvalue weighted by molar-refractivity contribution is 14.1. The van der Waals surface area contributed by atoms with Gasteiger partial charge in [-0.3, -0.25) is 9.36 Å². The van der Waals surface area contributed by atoms with Gasteiger partial charge in [0.2, 0.25) is 0 Å². The fourth-order valence-corrected chi connectivity index (χ4v) is 6.96. The molecule has 1 aliphatic rings. The van der Waals surface area contributed by atoms with Crippen molar-refractivity contribution in [3.63, 3.8) is 0 Å². The molecule has 1 aliphatic heterocycles. The van der Waals surface area contributed by atoms with Crippen LogP contribution in [0.15, 0.2) is 81.7 Å². The van der Waals surface area contributed by atoms with Crippen molar-refractivity contribution >= 4 is 57.6 Å². The minimum atomic E-state index is -0.782. The molecule has 8 nitrogen and oxygen atoms in total. The van der Waals surface area contributed by atoms with Gasteiger partial charge in [-0.15, -0.1) is 0 Å². The van der Waals surface area contributed by atoms with E-state index < -0.39 is 12.0 Å². The molecule has 0 aliphatic carbocycles. The molecule has 45 heavy (non-hydrogen) atoms. The molecule has 1 atom stereocenters. The Morgan fingerprint density at radius 3 is 2.56 bits per heavy atom.